The minimum atomic E-state index is -4.60. The maximum absolute atomic E-state index is 13.5. The Balaban J connectivity index is 1.68. The van der Waals surface area contributed by atoms with Crippen LogP contribution in [0, 0.1) is 0 Å². The van der Waals surface area contributed by atoms with Crippen molar-refractivity contribution in [2.75, 3.05) is 32.6 Å². The van der Waals surface area contributed by atoms with Crippen LogP contribution in [0.5, 0.6) is 5.75 Å². The molecular weight excluding hydrogens is 469 g/mol. The number of halogens is 3. The monoisotopic (exact) mass is 494 g/mol. The van der Waals surface area contributed by atoms with Gasteiger partial charge in [0.05, 0.1) is 16.8 Å². The number of aromatic nitrogens is 2. The summed E-state index contributed by atoms with van der Waals surface area (Å²) in [5.41, 5.74) is 1.13. The van der Waals surface area contributed by atoms with Gasteiger partial charge in [-0.3, -0.25) is 4.79 Å². The third-order valence-electron chi connectivity index (χ3n) is 5.33. The number of rotatable bonds is 8. The first-order valence-corrected chi connectivity index (χ1v) is 11.2. The largest absolute Gasteiger partial charge is 0.492 e. The number of nitrogens with one attached hydrogen (secondary N) is 1. The zero-order chi connectivity index (χ0) is 25.7. The topological polar surface area (TPSA) is 59.4 Å². The Morgan fingerprint density at radius 1 is 1.00 bits per heavy atom. The Morgan fingerprint density at radius 2 is 1.67 bits per heavy atom. The van der Waals surface area contributed by atoms with E-state index in [1.165, 1.54) is 6.07 Å². The van der Waals surface area contributed by atoms with Crippen molar-refractivity contribution in [2.24, 2.45) is 0 Å². The van der Waals surface area contributed by atoms with Crippen LogP contribution < -0.4 is 10.1 Å². The van der Waals surface area contributed by atoms with E-state index < -0.39 is 17.6 Å². The molecule has 186 valence electrons. The first kappa shape index (κ1) is 25.0. The summed E-state index contributed by atoms with van der Waals surface area (Å²) in [4.78, 5) is 15.2. The van der Waals surface area contributed by atoms with Crippen molar-refractivity contribution >= 4 is 11.6 Å². The van der Waals surface area contributed by atoms with Gasteiger partial charge in [0.2, 0.25) is 0 Å². The van der Waals surface area contributed by atoms with Gasteiger partial charge in [-0.05, 0) is 38.4 Å². The molecular formula is C27H25F3N4O2. The first-order chi connectivity index (χ1) is 17.2. The molecule has 0 aliphatic rings. The van der Waals surface area contributed by atoms with Gasteiger partial charge in [0.25, 0.3) is 5.91 Å². The molecule has 6 nitrogen and oxygen atoms in total. The molecule has 0 spiro atoms. The van der Waals surface area contributed by atoms with Gasteiger partial charge in [-0.15, -0.1) is 0 Å². The molecule has 0 saturated heterocycles. The Labute approximate surface area is 206 Å². The third kappa shape index (κ3) is 6.11. The molecule has 0 radical (unpaired) electrons. The van der Waals surface area contributed by atoms with Crippen LogP contribution in [0.25, 0.3) is 16.9 Å². The minimum Gasteiger partial charge on any atom is -0.492 e. The maximum Gasteiger partial charge on any atom is 0.416 e. The molecule has 4 aromatic rings. The lowest BCUT2D eigenvalue weighted by Gasteiger charge is -2.15. The van der Waals surface area contributed by atoms with Gasteiger partial charge in [0, 0.05) is 30.1 Å². The lowest BCUT2D eigenvalue weighted by atomic mass is 10.1. The first-order valence-electron chi connectivity index (χ1n) is 11.2. The number of alkyl halides is 3. The van der Waals surface area contributed by atoms with Crippen molar-refractivity contribution in [3.8, 4) is 22.7 Å². The number of carbonyl (C=O) groups excluding carboxylic acids is 1. The van der Waals surface area contributed by atoms with Crippen LogP contribution in [0.4, 0.5) is 18.9 Å². The van der Waals surface area contributed by atoms with Crippen molar-refractivity contribution in [3.63, 3.8) is 0 Å². The molecule has 4 rings (SSSR count). The van der Waals surface area contributed by atoms with Crippen molar-refractivity contribution in [2.45, 2.75) is 6.18 Å². The molecule has 1 aromatic heterocycles. The zero-order valence-electron chi connectivity index (χ0n) is 19.8. The molecule has 0 aliphatic carbocycles. The van der Waals surface area contributed by atoms with E-state index >= 15 is 0 Å². The summed E-state index contributed by atoms with van der Waals surface area (Å²) in [7, 11) is 3.67. The number of hydrogen-bond acceptors (Lipinski definition) is 4. The van der Waals surface area contributed by atoms with Crippen LogP contribution in [-0.2, 0) is 6.18 Å². The van der Waals surface area contributed by atoms with Crippen molar-refractivity contribution in [3.05, 3.63) is 96.2 Å². The van der Waals surface area contributed by atoms with Crippen molar-refractivity contribution < 1.29 is 22.7 Å². The summed E-state index contributed by atoms with van der Waals surface area (Å²) in [5, 5.41) is 7.19. The zero-order valence-corrected chi connectivity index (χ0v) is 19.8. The highest BCUT2D eigenvalue weighted by atomic mass is 19.4. The predicted octanol–water partition coefficient (Wildman–Crippen LogP) is 5.75. The number of anilines is 1. The molecule has 1 heterocycles. The number of para-hydroxylation sites is 1. The highest BCUT2D eigenvalue weighted by Gasteiger charge is 2.32. The molecule has 0 unspecified atom stereocenters. The molecule has 3 aromatic carbocycles. The smallest absolute Gasteiger partial charge is 0.416 e. The fraction of sp³-hybridized carbons (Fsp3) is 0.185. The van der Waals surface area contributed by atoms with Gasteiger partial charge >= 0.3 is 6.18 Å². The number of hydrogen-bond donors (Lipinski definition) is 1. The predicted molar refractivity (Wildman–Crippen MR) is 132 cm³/mol. The van der Waals surface area contributed by atoms with Gasteiger partial charge in [0.15, 0.2) is 0 Å². The van der Waals surface area contributed by atoms with Crippen LogP contribution in [0.15, 0.2) is 85.1 Å². The quantitative estimate of drug-likeness (QED) is 0.339. The van der Waals surface area contributed by atoms with Crippen LogP contribution in [0.2, 0.25) is 0 Å². The Morgan fingerprint density at radius 3 is 2.31 bits per heavy atom. The molecule has 1 N–H and O–H groups in total. The second-order valence-electron chi connectivity index (χ2n) is 8.39. The molecule has 1 amide bonds. The number of nitrogens with zero attached hydrogens (tertiary/aromatic N) is 3. The van der Waals surface area contributed by atoms with E-state index in [4.69, 9.17) is 4.74 Å². The number of benzene rings is 3. The highest BCUT2D eigenvalue weighted by Crippen LogP contribution is 2.34. The van der Waals surface area contributed by atoms with E-state index in [1.807, 2.05) is 79.7 Å². The molecule has 0 atom stereocenters. The Kier molecular flexibility index (Phi) is 7.40. The summed E-state index contributed by atoms with van der Waals surface area (Å²) in [6.45, 7) is 0.723. The average molecular weight is 495 g/mol. The Bertz CT molecular complexity index is 1320. The molecule has 9 heteroatoms. The van der Waals surface area contributed by atoms with Crippen LogP contribution >= 0.6 is 0 Å². The third-order valence-corrected chi connectivity index (χ3v) is 5.33. The van der Waals surface area contributed by atoms with Gasteiger partial charge in [-0.2, -0.15) is 18.3 Å². The van der Waals surface area contributed by atoms with Crippen LogP contribution in [0.3, 0.4) is 0 Å². The van der Waals surface area contributed by atoms with Crippen molar-refractivity contribution in [1.29, 1.82) is 0 Å². The fourth-order valence-corrected chi connectivity index (χ4v) is 3.53. The maximum atomic E-state index is 13.5. The highest BCUT2D eigenvalue weighted by molar-refractivity contribution is 6.08. The summed E-state index contributed by atoms with van der Waals surface area (Å²) >= 11 is 0. The Hall–Kier alpha value is -4.11. The van der Waals surface area contributed by atoms with E-state index in [0.717, 1.165) is 17.8 Å². The summed E-state index contributed by atoms with van der Waals surface area (Å²) in [6, 6.07) is 21.6. The van der Waals surface area contributed by atoms with E-state index in [2.05, 4.69) is 10.4 Å². The minimum absolute atomic E-state index is 0.0187. The van der Waals surface area contributed by atoms with E-state index in [-0.39, 0.29) is 23.6 Å². The lowest BCUT2D eigenvalue weighted by Crippen LogP contribution is -2.20. The summed E-state index contributed by atoms with van der Waals surface area (Å²) < 4.78 is 47.7. The SMILES string of the molecule is CN(C)CCOc1cc(NC(=O)c2cn(-c3ccccc3)nc2-c2ccccc2)cc(C(F)(F)F)c1. The van der Waals surface area contributed by atoms with Crippen molar-refractivity contribution in [1.82, 2.24) is 14.7 Å². The van der Waals surface area contributed by atoms with Gasteiger partial charge in [-0.1, -0.05) is 48.5 Å². The summed E-state index contributed by atoms with van der Waals surface area (Å²) in [5.74, 6) is -0.570. The van der Waals surface area contributed by atoms with E-state index in [9.17, 15) is 18.0 Å². The fourth-order valence-electron chi connectivity index (χ4n) is 3.53. The second kappa shape index (κ2) is 10.7. The summed E-state index contributed by atoms with van der Waals surface area (Å²) in [6.07, 6.45) is -3.04. The van der Waals surface area contributed by atoms with E-state index in [1.54, 1.807) is 10.9 Å². The number of amides is 1. The van der Waals surface area contributed by atoms with Gasteiger partial charge in [0.1, 0.15) is 18.1 Å². The standard InChI is InChI=1S/C27H25F3N4O2/c1-33(2)13-14-36-23-16-20(27(28,29)30)15-21(17-23)31-26(35)24-18-34(22-11-7-4-8-12-22)32-25(24)19-9-5-3-6-10-19/h3-12,15-18H,13-14H2,1-2H3,(H,31,35). The van der Waals surface area contributed by atoms with Gasteiger partial charge in [-0.25, -0.2) is 4.68 Å². The normalized spacial score (nSPS) is 11.5. The molecule has 0 aliphatic heterocycles. The number of carbonyl (C=O) groups is 1. The number of ether oxygens (including phenoxy) is 1. The lowest BCUT2D eigenvalue weighted by molar-refractivity contribution is -0.137. The molecule has 0 bridgehead atoms. The molecule has 0 fully saturated rings. The second-order valence-corrected chi connectivity index (χ2v) is 8.39. The van der Waals surface area contributed by atoms with Crippen LogP contribution in [0.1, 0.15) is 15.9 Å². The van der Waals surface area contributed by atoms with Gasteiger partial charge < -0.3 is 15.0 Å². The van der Waals surface area contributed by atoms with Crippen LogP contribution in [-0.4, -0.2) is 47.8 Å². The molecule has 0 saturated carbocycles. The average Bonchev–Trinajstić information content (AvgIpc) is 3.30. The molecule has 36 heavy (non-hydrogen) atoms. The van der Waals surface area contributed by atoms with E-state index in [0.29, 0.717) is 17.8 Å². The number of likely N-dealkylation sites (N-methyl/N-ethyl adjacent to an activating group) is 1.